The Kier molecular flexibility index (Phi) is 5.92. The van der Waals surface area contributed by atoms with Crippen LogP contribution < -0.4 is 5.73 Å². The summed E-state index contributed by atoms with van der Waals surface area (Å²) < 4.78 is 0. The first kappa shape index (κ1) is 14.5. The van der Waals surface area contributed by atoms with Crippen LogP contribution in [0.3, 0.4) is 0 Å². The molecule has 0 aromatic heterocycles. The summed E-state index contributed by atoms with van der Waals surface area (Å²) in [6, 6.07) is 0.519. The second-order valence-corrected chi connectivity index (χ2v) is 5.31. The van der Waals surface area contributed by atoms with Crippen molar-refractivity contribution < 1.29 is 4.79 Å². The van der Waals surface area contributed by atoms with Crippen molar-refractivity contribution in [3.05, 3.63) is 0 Å². The molecule has 100 valence electrons. The van der Waals surface area contributed by atoms with Crippen molar-refractivity contribution in [1.29, 1.82) is 0 Å². The highest BCUT2D eigenvalue weighted by molar-refractivity contribution is 5.76. The van der Waals surface area contributed by atoms with Gasteiger partial charge >= 0.3 is 0 Å². The molecule has 1 aliphatic rings. The van der Waals surface area contributed by atoms with Gasteiger partial charge in [-0.25, -0.2) is 0 Å². The monoisotopic (exact) mass is 241 g/mol. The lowest BCUT2D eigenvalue weighted by Crippen LogP contribution is -2.48. The maximum atomic E-state index is 12.1. The predicted octanol–water partition coefficient (Wildman–Crippen LogP) is 0.914. The quantitative estimate of drug-likeness (QED) is 0.778. The minimum Gasteiger partial charge on any atom is -0.341 e. The van der Waals surface area contributed by atoms with E-state index in [9.17, 15) is 4.79 Å². The number of amides is 1. The summed E-state index contributed by atoms with van der Waals surface area (Å²) in [6.07, 6.45) is 3.93. The molecule has 2 atom stereocenters. The molecule has 2 unspecified atom stereocenters. The van der Waals surface area contributed by atoms with Gasteiger partial charge in [-0.3, -0.25) is 4.79 Å². The number of nitrogens with zero attached hydrogens (tertiary/aromatic N) is 2. The van der Waals surface area contributed by atoms with Crippen molar-refractivity contribution in [1.82, 2.24) is 9.80 Å². The number of carbonyl (C=O) groups excluding carboxylic acids is 1. The van der Waals surface area contributed by atoms with E-state index in [2.05, 4.69) is 25.9 Å². The highest BCUT2D eigenvalue weighted by Crippen LogP contribution is 2.16. The van der Waals surface area contributed by atoms with E-state index in [0.29, 0.717) is 24.9 Å². The fraction of sp³-hybridized carbons (Fsp3) is 0.923. The fourth-order valence-corrected chi connectivity index (χ4v) is 2.37. The second kappa shape index (κ2) is 6.97. The summed E-state index contributed by atoms with van der Waals surface area (Å²) in [5.74, 6) is 0.635. The van der Waals surface area contributed by atoms with Crippen LogP contribution in [-0.2, 0) is 4.79 Å². The van der Waals surface area contributed by atoms with Crippen molar-refractivity contribution in [3.63, 3.8) is 0 Å². The number of rotatable bonds is 5. The third-order valence-electron chi connectivity index (χ3n) is 3.85. The average molecular weight is 241 g/mol. The fourth-order valence-electron chi connectivity index (χ4n) is 2.37. The molecule has 1 amide bonds. The van der Waals surface area contributed by atoms with Gasteiger partial charge in [-0.1, -0.05) is 13.3 Å². The Hall–Kier alpha value is -0.610. The molecule has 0 spiro atoms. The highest BCUT2D eigenvalue weighted by atomic mass is 16.2. The van der Waals surface area contributed by atoms with Gasteiger partial charge in [-0.2, -0.15) is 0 Å². The Morgan fingerprint density at radius 1 is 1.53 bits per heavy atom. The van der Waals surface area contributed by atoms with E-state index < -0.39 is 0 Å². The summed E-state index contributed by atoms with van der Waals surface area (Å²) >= 11 is 0. The summed E-state index contributed by atoms with van der Waals surface area (Å²) in [5.41, 5.74) is 5.66. The molecular weight excluding hydrogens is 214 g/mol. The molecule has 0 bridgehead atoms. The largest absolute Gasteiger partial charge is 0.341 e. The van der Waals surface area contributed by atoms with Crippen LogP contribution in [0.5, 0.6) is 0 Å². The van der Waals surface area contributed by atoms with Crippen LogP contribution >= 0.6 is 0 Å². The Labute approximate surface area is 105 Å². The Morgan fingerprint density at radius 2 is 2.24 bits per heavy atom. The maximum Gasteiger partial charge on any atom is 0.222 e. The zero-order valence-corrected chi connectivity index (χ0v) is 11.5. The lowest BCUT2D eigenvalue weighted by molar-refractivity contribution is -0.134. The summed E-state index contributed by atoms with van der Waals surface area (Å²) in [6.45, 7) is 4.52. The Balaban J connectivity index is 2.46. The van der Waals surface area contributed by atoms with E-state index in [4.69, 9.17) is 5.73 Å². The van der Waals surface area contributed by atoms with Gasteiger partial charge in [-0.15, -0.1) is 0 Å². The van der Waals surface area contributed by atoms with Gasteiger partial charge < -0.3 is 15.5 Å². The van der Waals surface area contributed by atoms with Crippen LogP contribution in [0.25, 0.3) is 0 Å². The molecule has 0 radical (unpaired) electrons. The smallest absolute Gasteiger partial charge is 0.222 e. The molecule has 17 heavy (non-hydrogen) atoms. The number of piperidine rings is 1. The highest BCUT2D eigenvalue weighted by Gasteiger charge is 2.25. The first-order chi connectivity index (χ1) is 8.08. The van der Waals surface area contributed by atoms with E-state index in [1.54, 1.807) is 0 Å². The van der Waals surface area contributed by atoms with Gasteiger partial charge in [0.25, 0.3) is 0 Å². The average Bonchev–Trinajstić information content (AvgIpc) is 2.35. The van der Waals surface area contributed by atoms with Gasteiger partial charge in [0.1, 0.15) is 0 Å². The van der Waals surface area contributed by atoms with Gasteiger partial charge in [0.15, 0.2) is 0 Å². The van der Waals surface area contributed by atoms with Crippen molar-refractivity contribution in [2.75, 3.05) is 33.7 Å². The van der Waals surface area contributed by atoms with Crippen molar-refractivity contribution >= 4 is 5.91 Å². The van der Waals surface area contributed by atoms with E-state index in [-0.39, 0.29) is 5.91 Å². The van der Waals surface area contributed by atoms with Crippen LogP contribution in [0.15, 0.2) is 0 Å². The number of likely N-dealkylation sites (tertiary alicyclic amines) is 1. The molecule has 0 aromatic rings. The Bertz CT molecular complexity index is 239. The summed E-state index contributed by atoms with van der Waals surface area (Å²) in [5, 5.41) is 0. The van der Waals surface area contributed by atoms with Gasteiger partial charge in [0, 0.05) is 25.6 Å². The van der Waals surface area contributed by atoms with Crippen LogP contribution in [0.2, 0.25) is 0 Å². The van der Waals surface area contributed by atoms with Crippen LogP contribution in [-0.4, -0.2) is 55.5 Å². The summed E-state index contributed by atoms with van der Waals surface area (Å²) in [7, 11) is 4.18. The molecule has 1 saturated heterocycles. The zero-order chi connectivity index (χ0) is 12.8. The molecule has 0 saturated carbocycles. The topological polar surface area (TPSA) is 49.6 Å². The van der Waals surface area contributed by atoms with Gasteiger partial charge in [0.05, 0.1) is 0 Å². The third kappa shape index (κ3) is 4.28. The third-order valence-corrected chi connectivity index (χ3v) is 3.85. The first-order valence-corrected chi connectivity index (χ1v) is 6.72. The lowest BCUT2D eigenvalue weighted by atomic mass is 9.99. The lowest BCUT2D eigenvalue weighted by Gasteiger charge is -2.36. The number of carbonyl (C=O) groups is 1. The molecule has 4 nitrogen and oxygen atoms in total. The second-order valence-electron chi connectivity index (χ2n) is 5.31. The molecule has 1 rings (SSSR count). The van der Waals surface area contributed by atoms with E-state index in [0.717, 1.165) is 25.9 Å². The van der Waals surface area contributed by atoms with Gasteiger partial charge in [-0.05, 0) is 39.4 Å². The maximum absolute atomic E-state index is 12.1. The van der Waals surface area contributed by atoms with Crippen molar-refractivity contribution in [2.24, 2.45) is 11.7 Å². The molecule has 1 aliphatic heterocycles. The molecule has 1 heterocycles. The molecule has 2 N–H and O–H groups in total. The minimum atomic E-state index is 0.286. The normalized spacial score (nSPS) is 22.9. The van der Waals surface area contributed by atoms with E-state index in [1.807, 2.05) is 4.90 Å². The molecule has 0 aromatic carbocycles. The SMILES string of the molecule is CCC(CN)CC(=O)N1CCCC(N(C)C)C1. The molecular formula is C13H27N3O. The number of hydrogen-bond donors (Lipinski definition) is 1. The number of nitrogens with two attached hydrogens (primary N) is 1. The van der Waals surface area contributed by atoms with E-state index >= 15 is 0 Å². The first-order valence-electron chi connectivity index (χ1n) is 6.72. The molecule has 1 fully saturated rings. The predicted molar refractivity (Wildman–Crippen MR) is 70.7 cm³/mol. The van der Waals surface area contributed by atoms with Gasteiger partial charge in [0.2, 0.25) is 5.91 Å². The van der Waals surface area contributed by atoms with Crippen LogP contribution in [0.4, 0.5) is 0 Å². The number of hydrogen-bond acceptors (Lipinski definition) is 3. The number of likely N-dealkylation sites (N-methyl/N-ethyl adjacent to an activating group) is 1. The Morgan fingerprint density at radius 3 is 2.76 bits per heavy atom. The molecule has 4 heteroatoms. The summed E-state index contributed by atoms with van der Waals surface area (Å²) in [4.78, 5) is 16.4. The van der Waals surface area contributed by atoms with Crippen molar-refractivity contribution in [3.8, 4) is 0 Å². The standard InChI is InChI=1S/C13H27N3O/c1-4-11(9-14)8-13(17)16-7-5-6-12(10-16)15(2)3/h11-12H,4-10,14H2,1-3H3. The molecule has 0 aliphatic carbocycles. The van der Waals surface area contributed by atoms with Crippen molar-refractivity contribution in [2.45, 2.75) is 38.6 Å². The van der Waals surface area contributed by atoms with Crippen LogP contribution in [0.1, 0.15) is 32.6 Å². The van der Waals surface area contributed by atoms with E-state index in [1.165, 1.54) is 6.42 Å². The van der Waals surface area contributed by atoms with Crippen LogP contribution in [0, 0.1) is 5.92 Å². The zero-order valence-electron chi connectivity index (χ0n) is 11.5. The minimum absolute atomic E-state index is 0.286.